The smallest absolute Gasteiger partial charge is 0.191 e. The summed E-state index contributed by atoms with van der Waals surface area (Å²) < 4.78 is 0. The van der Waals surface area contributed by atoms with Crippen molar-refractivity contribution in [2.45, 2.75) is 32.7 Å². The van der Waals surface area contributed by atoms with Gasteiger partial charge in [-0.05, 0) is 32.4 Å². The van der Waals surface area contributed by atoms with Crippen LogP contribution in [0.5, 0.6) is 0 Å². The molecule has 2 atom stereocenters. The standard InChI is InChI=1S/C20H35N5/c1-5-21-20(22-15-17(2)19-9-7-6-8-10-19)23-16-18(3)25-13-11-24(4)12-14-25/h6-10,17-18H,5,11-16H2,1-4H3,(H2,21,22,23). The molecule has 0 saturated carbocycles. The Morgan fingerprint density at radius 3 is 2.40 bits per heavy atom. The first-order valence-electron chi connectivity index (χ1n) is 9.59. The van der Waals surface area contributed by atoms with E-state index in [4.69, 9.17) is 4.99 Å². The van der Waals surface area contributed by atoms with Gasteiger partial charge in [0.05, 0.1) is 6.54 Å². The third kappa shape index (κ3) is 6.67. The fourth-order valence-corrected chi connectivity index (χ4v) is 3.09. The molecule has 0 radical (unpaired) electrons. The van der Waals surface area contributed by atoms with E-state index in [1.165, 1.54) is 5.56 Å². The first-order valence-corrected chi connectivity index (χ1v) is 9.59. The molecule has 0 spiro atoms. The van der Waals surface area contributed by atoms with E-state index in [-0.39, 0.29) is 0 Å². The number of piperazine rings is 1. The minimum atomic E-state index is 0.458. The maximum absolute atomic E-state index is 4.81. The Morgan fingerprint density at radius 1 is 1.08 bits per heavy atom. The SMILES string of the molecule is CCNC(=NCC(C)N1CCN(C)CC1)NCC(C)c1ccccc1. The highest BCUT2D eigenvalue weighted by Crippen LogP contribution is 2.13. The lowest BCUT2D eigenvalue weighted by atomic mass is 10.0. The zero-order valence-corrected chi connectivity index (χ0v) is 16.3. The van der Waals surface area contributed by atoms with Gasteiger partial charge in [0, 0.05) is 45.3 Å². The minimum absolute atomic E-state index is 0.458. The summed E-state index contributed by atoms with van der Waals surface area (Å²) in [4.78, 5) is 9.75. The molecule has 140 valence electrons. The number of guanidine groups is 1. The third-order valence-corrected chi connectivity index (χ3v) is 4.96. The Kier molecular flexibility index (Phi) is 8.22. The summed E-state index contributed by atoms with van der Waals surface area (Å²) in [6.45, 7) is 13.8. The van der Waals surface area contributed by atoms with E-state index in [9.17, 15) is 0 Å². The quantitative estimate of drug-likeness (QED) is 0.586. The third-order valence-electron chi connectivity index (χ3n) is 4.96. The molecule has 1 aliphatic heterocycles. The minimum Gasteiger partial charge on any atom is -0.357 e. The van der Waals surface area contributed by atoms with Crippen molar-refractivity contribution in [1.82, 2.24) is 20.4 Å². The largest absolute Gasteiger partial charge is 0.357 e. The second-order valence-corrected chi connectivity index (χ2v) is 7.10. The van der Waals surface area contributed by atoms with Crippen LogP contribution >= 0.6 is 0 Å². The Bertz CT molecular complexity index is 508. The molecular formula is C20H35N5. The Balaban J connectivity index is 1.83. The normalized spacial score (nSPS) is 19.4. The van der Waals surface area contributed by atoms with Crippen LogP contribution in [0, 0.1) is 0 Å². The van der Waals surface area contributed by atoms with Crippen molar-refractivity contribution < 1.29 is 0 Å². The van der Waals surface area contributed by atoms with Gasteiger partial charge in [0.1, 0.15) is 0 Å². The number of hydrogen-bond donors (Lipinski definition) is 2. The lowest BCUT2D eigenvalue weighted by molar-refractivity contribution is 0.122. The molecule has 25 heavy (non-hydrogen) atoms. The number of aliphatic imine (C=N–C) groups is 1. The maximum atomic E-state index is 4.81. The Morgan fingerprint density at radius 2 is 1.76 bits per heavy atom. The summed E-state index contributed by atoms with van der Waals surface area (Å²) in [5.74, 6) is 1.38. The molecular weight excluding hydrogens is 310 g/mol. The summed E-state index contributed by atoms with van der Waals surface area (Å²) in [7, 11) is 2.20. The zero-order valence-electron chi connectivity index (χ0n) is 16.3. The van der Waals surface area contributed by atoms with Crippen molar-refractivity contribution in [2.24, 2.45) is 4.99 Å². The molecule has 1 aromatic rings. The number of rotatable bonds is 7. The summed E-state index contributed by atoms with van der Waals surface area (Å²) >= 11 is 0. The predicted octanol–water partition coefficient (Wildman–Crippen LogP) is 1.98. The summed E-state index contributed by atoms with van der Waals surface area (Å²) in [6, 6.07) is 11.1. The monoisotopic (exact) mass is 345 g/mol. The highest BCUT2D eigenvalue weighted by molar-refractivity contribution is 5.79. The molecule has 1 aliphatic rings. The van der Waals surface area contributed by atoms with Gasteiger partial charge >= 0.3 is 0 Å². The van der Waals surface area contributed by atoms with Crippen molar-refractivity contribution in [1.29, 1.82) is 0 Å². The second kappa shape index (κ2) is 10.4. The van der Waals surface area contributed by atoms with E-state index in [0.717, 1.165) is 51.8 Å². The zero-order chi connectivity index (χ0) is 18.1. The molecule has 1 fully saturated rings. The van der Waals surface area contributed by atoms with E-state index in [0.29, 0.717) is 12.0 Å². The van der Waals surface area contributed by atoms with Gasteiger partial charge in [-0.2, -0.15) is 0 Å². The van der Waals surface area contributed by atoms with Gasteiger partial charge in [0.15, 0.2) is 5.96 Å². The van der Waals surface area contributed by atoms with Crippen molar-refractivity contribution in [2.75, 3.05) is 52.9 Å². The fraction of sp³-hybridized carbons (Fsp3) is 0.650. The van der Waals surface area contributed by atoms with Crippen LogP contribution in [0.2, 0.25) is 0 Å². The maximum Gasteiger partial charge on any atom is 0.191 e. The number of likely N-dealkylation sites (N-methyl/N-ethyl adjacent to an activating group) is 1. The average molecular weight is 346 g/mol. The van der Waals surface area contributed by atoms with Crippen molar-refractivity contribution >= 4 is 5.96 Å². The van der Waals surface area contributed by atoms with Crippen molar-refractivity contribution in [3.05, 3.63) is 35.9 Å². The summed E-state index contributed by atoms with van der Waals surface area (Å²) in [6.07, 6.45) is 0. The first-order chi connectivity index (χ1) is 12.1. The number of benzene rings is 1. The van der Waals surface area contributed by atoms with Crippen LogP contribution in [0.3, 0.4) is 0 Å². The molecule has 5 heteroatoms. The van der Waals surface area contributed by atoms with Crippen LogP contribution in [0.4, 0.5) is 0 Å². The number of nitrogens with one attached hydrogen (secondary N) is 2. The fourth-order valence-electron chi connectivity index (χ4n) is 3.09. The first kappa shape index (κ1) is 19.7. The van der Waals surface area contributed by atoms with Crippen molar-refractivity contribution in [3.8, 4) is 0 Å². The highest BCUT2D eigenvalue weighted by atomic mass is 15.3. The average Bonchev–Trinajstić information content (AvgIpc) is 2.64. The molecule has 2 unspecified atom stereocenters. The van der Waals surface area contributed by atoms with E-state index in [1.54, 1.807) is 0 Å². The van der Waals surface area contributed by atoms with Crippen LogP contribution in [-0.2, 0) is 0 Å². The van der Waals surface area contributed by atoms with E-state index in [2.05, 4.69) is 78.6 Å². The lowest BCUT2D eigenvalue weighted by Crippen LogP contribution is -2.49. The van der Waals surface area contributed by atoms with Crippen LogP contribution in [0.25, 0.3) is 0 Å². The van der Waals surface area contributed by atoms with E-state index < -0.39 is 0 Å². The van der Waals surface area contributed by atoms with Crippen molar-refractivity contribution in [3.63, 3.8) is 0 Å². The molecule has 0 aromatic heterocycles. The Hall–Kier alpha value is -1.59. The van der Waals surface area contributed by atoms with Gasteiger partial charge in [-0.3, -0.25) is 9.89 Å². The van der Waals surface area contributed by atoms with E-state index in [1.807, 2.05) is 0 Å². The van der Waals surface area contributed by atoms with E-state index >= 15 is 0 Å². The van der Waals surface area contributed by atoms with Crippen LogP contribution < -0.4 is 10.6 Å². The van der Waals surface area contributed by atoms with Gasteiger partial charge in [-0.25, -0.2) is 0 Å². The van der Waals surface area contributed by atoms with Gasteiger partial charge in [0.2, 0.25) is 0 Å². The molecule has 1 aromatic carbocycles. The van der Waals surface area contributed by atoms with Gasteiger partial charge < -0.3 is 15.5 Å². The van der Waals surface area contributed by atoms with Crippen LogP contribution in [0.1, 0.15) is 32.3 Å². The molecule has 1 heterocycles. The highest BCUT2D eigenvalue weighted by Gasteiger charge is 2.18. The lowest BCUT2D eigenvalue weighted by Gasteiger charge is -2.35. The summed E-state index contributed by atoms with van der Waals surface area (Å²) in [5.41, 5.74) is 1.36. The molecule has 0 amide bonds. The topological polar surface area (TPSA) is 42.9 Å². The van der Waals surface area contributed by atoms with Crippen LogP contribution in [0.15, 0.2) is 35.3 Å². The van der Waals surface area contributed by atoms with Gasteiger partial charge in [0.25, 0.3) is 0 Å². The predicted molar refractivity (Wildman–Crippen MR) is 107 cm³/mol. The molecule has 1 saturated heterocycles. The molecule has 5 nitrogen and oxygen atoms in total. The molecule has 0 aliphatic carbocycles. The van der Waals surface area contributed by atoms with Gasteiger partial charge in [-0.15, -0.1) is 0 Å². The Labute approximate surface area is 153 Å². The van der Waals surface area contributed by atoms with Crippen LogP contribution in [-0.4, -0.2) is 74.7 Å². The number of hydrogen-bond acceptors (Lipinski definition) is 3. The number of nitrogens with zero attached hydrogens (tertiary/aromatic N) is 3. The summed E-state index contributed by atoms with van der Waals surface area (Å²) in [5, 5.41) is 6.86. The second-order valence-electron chi connectivity index (χ2n) is 7.10. The van der Waals surface area contributed by atoms with Gasteiger partial charge in [-0.1, -0.05) is 37.3 Å². The molecule has 2 rings (SSSR count). The molecule has 0 bridgehead atoms. The molecule has 2 N–H and O–H groups in total.